The molecule has 0 saturated heterocycles. The second-order valence-electron chi connectivity index (χ2n) is 3.38. The van der Waals surface area contributed by atoms with Crippen LogP contribution in [0.25, 0.3) is 0 Å². The lowest BCUT2D eigenvalue weighted by Crippen LogP contribution is -2.38. The van der Waals surface area contributed by atoms with E-state index in [1.165, 1.54) is 0 Å². The summed E-state index contributed by atoms with van der Waals surface area (Å²) < 4.78 is 0. The van der Waals surface area contributed by atoms with Gasteiger partial charge < -0.3 is 16.3 Å². The predicted octanol–water partition coefficient (Wildman–Crippen LogP) is 0.903. The SMILES string of the molecule is C#CCC(C)NC(CC)CC(N)=NO. The van der Waals surface area contributed by atoms with Crippen molar-refractivity contribution >= 4 is 5.84 Å². The van der Waals surface area contributed by atoms with Crippen LogP contribution >= 0.6 is 0 Å². The first-order chi connectivity index (χ1) is 6.63. The van der Waals surface area contributed by atoms with Crippen LogP contribution in [0.5, 0.6) is 0 Å². The van der Waals surface area contributed by atoms with Gasteiger partial charge >= 0.3 is 0 Å². The van der Waals surface area contributed by atoms with E-state index < -0.39 is 0 Å². The molecule has 0 aliphatic rings. The first-order valence-corrected chi connectivity index (χ1v) is 4.79. The molecule has 4 heteroatoms. The normalized spacial score (nSPS) is 15.9. The second kappa shape index (κ2) is 7.22. The zero-order chi connectivity index (χ0) is 11.0. The van der Waals surface area contributed by atoms with Crippen LogP contribution in [0.2, 0.25) is 0 Å². The van der Waals surface area contributed by atoms with E-state index in [1.807, 2.05) is 13.8 Å². The Balaban J connectivity index is 3.97. The van der Waals surface area contributed by atoms with Crippen LogP contribution in [0, 0.1) is 12.3 Å². The van der Waals surface area contributed by atoms with Gasteiger partial charge in [0.2, 0.25) is 0 Å². The number of terminal acetylenes is 1. The molecule has 2 atom stereocenters. The Hall–Kier alpha value is -1.21. The van der Waals surface area contributed by atoms with E-state index in [9.17, 15) is 0 Å². The van der Waals surface area contributed by atoms with Gasteiger partial charge in [-0.3, -0.25) is 0 Å². The topological polar surface area (TPSA) is 70.6 Å². The molecule has 0 saturated carbocycles. The van der Waals surface area contributed by atoms with Crippen molar-refractivity contribution in [3.05, 3.63) is 0 Å². The van der Waals surface area contributed by atoms with E-state index in [1.54, 1.807) is 0 Å². The van der Waals surface area contributed by atoms with Crippen molar-refractivity contribution in [1.29, 1.82) is 0 Å². The number of nitrogens with one attached hydrogen (secondary N) is 1. The van der Waals surface area contributed by atoms with Gasteiger partial charge in [0.15, 0.2) is 0 Å². The summed E-state index contributed by atoms with van der Waals surface area (Å²) in [5.41, 5.74) is 5.42. The Morgan fingerprint density at radius 3 is 2.79 bits per heavy atom. The predicted molar refractivity (Wildman–Crippen MR) is 58.2 cm³/mol. The molecule has 2 unspecified atom stereocenters. The lowest BCUT2D eigenvalue weighted by atomic mass is 10.1. The molecule has 0 heterocycles. The van der Waals surface area contributed by atoms with Gasteiger partial charge in [-0.25, -0.2) is 0 Å². The van der Waals surface area contributed by atoms with Crippen LogP contribution < -0.4 is 11.1 Å². The fourth-order valence-corrected chi connectivity index (χ4v) is 1.25. The van der Waals surface area contributed by atoms with Crippen molar-refractivity contribution in [1.82, 2.24) is 5.32 Å². The van der Waals surface area contributed by atoms with Crippen molar-refractivity contribution < 1.29 is 5.21 Å². The molecule has 0 rings (SSSR count). The fourth-order valence-electron chi connectivity index (χ4n) is 1.25. The van der Waals surface area contributed by atoms with E-state index in [0.717, 1.165) is 6.42 Å². The van der Waals surface area contributed by atoms with Crippen LogP contribution in [0.1, 0.15) is 33.1 Å². The van der Waals surface area contributed by atoms with Gasteiger partial charge in [-0.05, 0) is 13.3 Å². The van der Waals surface area contributed by atoms with Crippen molar-refractivity contribution in [2.45, 2.75) is 45.2 Å². The van der Waals surface area contributed by atoms with Gasteiger partial charge in [0.25, 0.3) is 0 Å². The van der Waals surface area contributed by atoms with E-state index in [0.29, 0.717) is 12.8 Å². The maximum Gasteiger partial charge on any atom is 0.140 e. The molecule has 4 nitrogen and oxygen atoms in total. The molecular weight excluding hydrogens is 178 g/mol. The Bertz CT molecular complexity index is 220. The van der Waals surface area contributed by atoms with Crippen molar-refractivity contribution in [3.8, 4) is 12.3 Å². The van der Waals surface area contributed by atoms with Gasteiger partial charge in [-0.1, -0.05) is 12.1 Å². The van der Waals surface area contributed by atoms with E-state index in [2.05, 4.69) is 16.4 Å². The van der Waals surface area contributed by atoms with Crippen molar-refractivity contribution in [2.24, 2.45) is 10.9 Å². The number of rotatable bonds is 6. The molecule has 0 aliphatic carbocycles. The average Bonchev–Trinajstić information content (AvgIpc) is 2.16. The summed E-state index contributed by atoms with van der Waals surface area (Å²) in [6, 6.07) is 0.477. The summed E-state index contributed by atoms with van der Waals surface area (Å²) in [6.07, 6.45) is 7.35. The Morgan fingerprint density at radius 1 is 1.71 bits per heavy atom. The monoisotopic (exact) mass is 197 g/mol. The zero-order valence-electron chi connectivity index (χ0n) is 8.83. The summed E-state index contributed by atoms with van der Waals surface area (Å²) in [5, 5.41) is 14.7. The first-order valence-electron chi connectivity index (χ1n) is 4.79. The maximum atomic E-state index is 8.42. The van der Waals surface area contributed by atoms with E-state index in [4.69, 9.17) is 17.4 Å². The molecule has 14 heavy (non-hydrogen) atoms. The Kier molecular flexibility index (Phi) is 6.59. The van der Waals surface area contributed by atoms with Gasteiger partial charge in [0, 0.05) is 24.9 Å². The van der Waals surface area contributed by atoms with Crippen LogP contribution in [0.3, 0.4) is 0 Å². The minimum absolute atomic E-state index is 0.217. The molecule has 0 radical (unpaired) electrons. The summed E-state index contributed by atoms with van der Waals surface area (Å²) in [7, 11) is 0. The van der Waals surface area contributed by atoms with Gasteiger partial charge in [-0.2, -0.15) is 0 Å². The summed E-state index contributed by atoms with van der Waals surface area (Å²) >= 11 is 0. The third-order valence-corrected chi connectivity index (χ3v) is 2.02. The quantitative estimate of drug-likeness (QED) is 0.195. The number of amidine groups is 1. The van der Waals surface area contributed by atoms with Gasteiger partial charge in [-0.15, -0.1) is 12.3 Å². The molecule has 0 fully saturated rings. The molecule has 0 aromatic rings. The van der Waals surface area contributed by atoms with Crippen molar-refractivity contribution in [3.63, 3.8) is 0 Å². The van der Waals surface area contributed by atoms with E-state index >= 15 is 0 Å². The highest BCUT2D eigenvalue weighted by molar-refractivity contribution is 5.80. The van der Waals surface area contributed by atoms with Crippen molar-refractivity contribution in [2.75, 3.05) is 0 Å². The highest BCUT2D eigenvalue weighted by Crippen LogP contribution is 2.01. The summed E-state index contributed by atoms with van der Waals surface area (Å²) in [6.45, 7) is 4.07. The zero-order valence-corrected chi connectivity index (χ0v) is 8.83. The summed E-state index contributed by atoms with van der Waals surface area (Å²) in [4.78, 5) is 0. The third kappa shape index (κ3) is 5.44. The molecule has 0 bridgehead atoms. The Morgan fingerprint density at radius 2 is 2.36 bits per heavy atom. The lowest BCUT2D eigenvalue weighted by molar-refractivity contribution is 0.314. The molecule has 0 amide bonds. The number of nitrogens with zero attached hydrogens (tertiary/aromatic N) is 1. The smallest absolute Gasteiger partial charge is 0.140 e. The van der Waals surface area contributed by atoms with Gasteiger partial charge in [0.1, 0.15) is 5.84 Å². The molecular formula is C10H19N3O. The molecule has 4 N–H and O–H groups in total. The van der Waals surface area contributed by atoms with Crippen LogP contribution in [-0.2, 0) is 0 Å². The molecule has 0 spiro atoms. The van der Waals surface area contributed by atoms with Gasteiger partial charge in [0.05, 0.1) is 0 Å². The average molecular weight is 197 g/mol. The largest absolute Gasteiger partial charge is 0.409 e. The highest BCUT2D eigenvalue weighted by atomic mass is 16.4. The maximum absolute atomic E-state index is 8.42. The number of hydrogen-bond acceptors (Lipinski definition) is 3. The molecule has 0 aliphatic heterocycles. The minimum Gasteiger partial charge on any atom is -0.409 e. The number of oxime groups is 1. The van der Waals surface area contributed by atoms with Crippen LogP contribution in [0.15, 0.2) is 5.16 Å². The minimum atomic E-state index is 0.217. The van der Waals surface area contributed by atoms with Crippen LogP contribution in [0.4, 0.5) is 0 Å². The second-order valence-corrected chi connectivity index (χ2v) is 3.38. The van der Waals surface area contributed by atoms with Crippen LogP contribution in [-0.4, -0.2) is 23.1 Å². The number of hydrogen-bond donors (Lipinski definition) is 3. The third-order valence-electron chi connectivity index (χ3n) is 2.02. The lowest BCUT2D eigenvalue weighted by Gasteiger charge is -2.20. The fraction of sp³-hybridized carbons (Fsp3) is 0.700. The highest BCUT2D eigenvalue weighted by Gasteiger charge is 2.11. The standard InChI is InChI=1S/C10H19N3O/c1-4-6-8(3)12-9(5-2)7-10(11)13-14/h1,8-9,12,14H,5-7H2,2-3H3,(H2,11,13). The first kappa shape index (κ1) is 12.8. The summed E-state index contributed by atoms with van der Waals surface area (Å²) in [5.74, 6) is 2.84. The van der Waals surface area contributed by atoms with E-state index in [-0.39, 0.29) is 17.9 Å². The molecule has 0 aromatic heterocycles. The number of nitrogens with two attached hydrogens (primary N) is 1. The Labute approximate surface area is 85.6 Å². The molecule has 0 aromatic carbocycles. The molecule has 80 valence electrons.